The van der Waals surface area contributed by atoms with Crippen molar-refractivity contribution in [1.82, 2.24) is 19.9 Å². The van der Waals surface area contributed by atoms with E-state index in [1.165, 1.54) is 16.7 Å². The monoisotopic (exact) mass is 278 g/mol. The van der Waals surface area contributed by atoms with Gasteiger partial charge in [-0.15, -0.1) is 0 Å². The third-order valence-corrected chi connectivity index (χ3v) is 3.52. The molecule has 1 aromatic carbocycles. The zero-order valence-electron chi connectivity index (χ0n) is 12.0. The molecule has 1 N–H and O–H groups in total. The third-order valence-electron chi connectivity index (χ3n) is 3.52. The quantitative estimate of drug-likeness (QED) is 0.780. The van der Waals surface area contributed by atoms with E-state index in [1.807, 2.05) is 23.2 Å². The van der Waals surface area contributed by atoms with E-state index in [-0.39, 0.29) is 0 Å². The maximum Gasteiger partial charge on any atom is 0.0991 e. The van der Waals surface area contributed by atoms with Crippen LogP contribution in [0.3, 0.4) is 0 Å². The van der Waals surface area contributed by atoms with Crippen LogP contribution in [0.15, 0.2) is 61.4 Å². The molecular formula is C17H18N4. The maximum atomic E-state index is 4.11. The van der Waals surface area contributed by atoms with E-state index >= 15 is 0 Å². The lowest BCUT2D eigenvalue weighted by atomic mass is 10.1. The van der Waals surface area contributed by atoms with Crippen LogP contribution in [0, 0.1) is 6.92 Å². The minimum Gasteiger partial charge on any atom is -0.309 e. The Bertz CT molecular complexity index is 687. The van der Waals surface area contributed by atoms with Crippen molar-refractivity contribution < 1.29 is 0 Å². The zero-order valence-corrected chi connectivity index (χ0v) is 12.0. The molecule has 4 heteroatoms. The number of aryl methyl sites for hydroxylation is 1. The number of hydrogen-bond donors (Lipinski definition) is 1. The van der Waals surface area contributed by atoms with Crippen molar-refractivity contribution in [3.05, 3.63) is 78.1 Å². The van der Waals surface area contributed by atoms with Crippen molar-refractivity contribution in [2.75, 3.05) is 0 Å². The van der Waals surface area contributed by atoms with Crippen molar-refractivity contribution >= 4 is 0 Å². The Morgan fingerprint density at radius 3 is 2.57 bits per heavy atom. The molecule has 0 saturated carbocycles. The molecule has 2 aromatic heterocycles. The number of pyridine rings is 1. The summed E-state index contributed by atoms with van der Waals surface area (Å²) in [6.07, 6.45) is 9.27. The van der Waals surface area contributed by atoms with Crippen LogP contribution >= 0.6 is 0 Å². The SMILES string of the molecule is Cc1cnccc1CNCc1ccc(-n2ccnc2)cc1. The van der Waals surface area contributed by atoms with Crippen LogP contribution < -0.4 is 5.32 Å². The molecule has 4 nitrogen and oxygen atoms in total. The lowest BCUT2D eigenvalue weighted by Crippen LogP contribution is -2.13. The first-order valence-corrected chi connectivity index (χ1v) is 7.00. The first-order chi connectivity index (χ1) is 10.3. The normalized spacial score (nSPS) is 10.7. The molecule has 0 aliphatic heterocycles. The number of nitrogens with zero attached hydrogens (tertiary/aromatic N) is 3. The predicted octanol–water partition coefficient (Wildman–Crippen LogP) is 2.87. The van der Waals surface area contributed by atoms with Gasteiger partial charge in [-0.25, -0.2) is 4.98 Å². The minimum atomic E-state index is 0.853. The molecule has 106 valence electrons. The van der Waals surface area contributed by atoms with Gasteiger partial charge < -0.3 is 9.88 Å². The Labute approximate surface area is 124 Å². The second kappa shape index (κ2) is 6.33. The fourth-order valence-corrected chi connectivity index (χ4v) is 2.24. The van der Waals surface area contributed by atoms with Gasteiger partial charge in [0.1, 0.15) is 0 Å². The number of imidazole rings is 1. The molecule has 0 spiro atoms. The molecule has 0 saturated heterocycles. The van der Waals surface area contributed by atoms with E-state index in [0.29, 0.717) is 0 Å². The van der Waals surface area contributed by atoms with E-state index in [4.69, 9.17) is 0 Å². The van der Waals surface area contributed by atoms with Gasteiger partial charge in [-0.1, -0.05) is 12.1 Å². The van der Waals surface area contributed by atoms with Crippen molar-refractivity contribution in [2.24, 2.45) is 0 Å². The van der Waals surface area contributed by atoms with Gasteiger partial charge in [0.25, 0.3) is 0 Å². The van der Waals surface area contributed by atoms with Gasteiger partial charge in [-0.05, 0) is 41.8 Å². The van der Waals surface area contributed by atoms with Crippen LogP contribution in [0.2, 0.25) is 0 Å². The van der Waals surface area contributed by atoms with Crippen LogP contribution in [0.1, 0.15) is 16.7 Å². The Morgan fingerprint density at radius 1 is 1.00 bits per heavy atom. The summed E-state index contributed by atoms with van der Waals surface area (Å²) in [6.45, 7) is 3.80. The first kappa shape index (κ1) is 13.5. The number of benzene rings is 1. The van der Waals surface area contributed by atoms with Crippen LogP contribution in [-0.4, -0.2) is 14.5 Å². The summed E-state index contributed by atoms with van der Waals surface area (Å²) in [6, 6.07) is 10.6. The molecule has 2 heterocycles. The predicted molar refractivity (Wildman–Crippen MR) is 83.1 cm³/mol. The van der Waals surface area contributed by atoms with Crippen molar-refractivity contribution in [3.8, 4) is 5.69 Å². The Morgan fingerprint density at radius 2 is 1.86 bits per heavy atom. The summed E-state index contributed by atoms with van der Waals surface area (Å²) in [4.78, 5) is 8.17. The lowest BCUT2D eigenvalue weighted by Gasteiger charge is -2.08. The maximum absolute atomic E-state index is 4.11. The Balaban J connectivity index is 1.58. The van der Waals surface area contributed by atoms with Gasteiger partial charge in [0.15, 0.2) is 0 Å². The molecule has 0 bridgehead atoms. The second-order valence-corrected chi connectivity index (χ2v) is 5.04. The van der Waals surface area contributed by atoms with E-state index in [1.54, 1.807) is 12.5 Å². The summed E-state index contributed by atoms with van der Waals surface area (Å²) < 4.78 is 2.00. The fourth-order valence-electron chi connectivity index (χ4n) is 2.24. The van der Waals surface area contributed by atoms with E-state index in [2.05, 4.69) is 52.5 Å². The van der Waals surface area contributed by atoms with Gasteiger partial charge in [0.2, 0.25) is 0 Å². The summed E-state index contributed by atoms with van der Waals surface area (Å²) in [5.41, 5.74) is 4.91. The van der Waals surface area contributed by atoms with Gasteiger partial charge in [0.05, 0.1) is 6.33 Å². The largest absolute Gasteiger partial charge is 0.309 e. The van der Waals surface area contributed by atoms with Crippen molar-refractivity contribution in [1.29, 1.82) is 0 Å². The molecule has 3 aromatic rings. The van der Waals surface area contributed by atoms with Crippen LogP contribution in [0.4, 0.5) is 0 Å². The van der Waals surface area contributed by atoms with Crippen LogP contribution in [-0.2, 0) is 13.1 Å². The second-order valence-electron chi connectivity index (χ2n) is 5.04. The molecule has 0 radical (unpaired) electrons. The highest BCUT2D eigenvalue weighted by atomic mass is 15.0. The van der Waals surface area contributed by atoms with E-state index < -0.39 is 0 Å². The zero-order chi connectivity index (χ0) is 14.5. The van der Waals surface area contributed by atoms with Crippen LogP contribution in [0.25, 0.3) is 5.69 Å². The van der Waals surface area contributed by atoms with Gasteiger partial charge in [0, 0.05) is 43.6 Å². The number of aromatic nitrogens is 3. The molecule has 0 aliphatic carbocycles. The van der Waals surface area contributed by atoms with E-state index in [9.17, 15) is 0 Å². The Kier molecular flexibility index (Phi) is 4.07. The average molecular weight is 278 g/mol. The number of hydrogen-bond acceptors (Lipinski definition) is 3. The molecule has 0 amide bonds. The molecule has 21 heavy (non-hydrogen) atoms. The average Bonchev–Trinajstić information content (AvgIpc) is 3.04. The first-order valence-electron chi connectivity index (χ1n) is 7.00. The highest BCUT2D eigenvalue weighted by molar-refractivity contribution is 5.34. The molecule has 0 aliphatic rings. The van der Waals surface area contributed by atoms with Gasteiger partial charge >= 0.3 is 0 Å². The van der Waals surface area contributed by atoms with Gasteiger partial charge in [-0.2, -0.15) is 0 Å². The summed E-state index contributed by atoms with van der Waals surface area (Å²) in [7, 11) is 0. The summed E-state index contributed by atoms with van der Waals surface area (Å²) in [5.74, 6) is 0. The number of rotatable bonds is 5. The smallest absolute Gasteiger partial charge is 0.0991 e. The summed E-state index contributed by atoms with van der Waals surface area (Å²) in [5, 5.41) is 3.47. The number of nitrogens with one attached hydrogen (secondary N) is 1. The van der Waals surface area contributed by atoms with Crippen molar-refractivity contribution in [3.63, 3.8) is 0 Å². The van der Waals surface area contributed by atoms with Crippen molar-refractivity contribution in [2.45, 2.75) is 20.0 Å². The highest BCUT2D eigenvalue weighted by Crippen LogP contribution is 2.10. The fraction of sp³-hybridized carbons (Fsp3) is 0.176. The highest BCUT2D eigenvalue weighted by Gasteiger charge is 1.99. The molecule has 0 atom stereocenters. The summed E-state index contributed by atoms with van der Waals surface area (Å²) >= 11 is 0. The van der Waals surface area contributed by atoms with E-state index in [0.717, 1.165) is 18.8 Å². The topological polar surface area (TPSA) is 42.7 Å². The van der Waals surface area contributed by atoms with Gasteiger partial charge in [-0.3, -0.25) is 4.98 Å². The standard InChI is InChI=1S/C17H18N4/c1-14-10-18-7-6-16(14)12-20-11-15-2-4-17(5-3-15)21-9-8-19-13-21/h2-10,13,20H,11-12H2,1H3. The molecule has 3 rings (SSSR count). The third kappa shape index (κ3) is 3.35. The van der Waals surface area contributed by atoms with Crippen LogP contribution in [0.5, 0.6) is 0 Å². The molecule has 0 unspecified atom stereocenters. The minimum absolute atomic E-state index is 0.853. The molecular weight excluding hydrogens is 260 g/mol. The lowest BCUT2D eigenvalue weighted by molar-refractivity contribution is 0.689. The molecule has 0 fully saturated rings. The Hall–Kier alpha value is -2.46.